The number of ether oxygens (including phenoxy) is 1. The fourth-order valence-electron chi connectivity index (χ4n) is 2.43. The molecule has 0 aliphatic heterocycles. The summed E-state index contributed by atoms with van der Waals surface area (Å²) in [7, 11) is 0. The molecule has 2 nitrogen and oxygen atoms in total. The van der Waals surface area contributed by atoms with Crippen molar-refractivity contribution in [2.45, 2.75) is 71.2 Å². The Labute approximate surface area is 137 Å². The van der Waals surface area contributed by atoms with E-state index < -0.39 is 6.36 Å². The Morgan fingerprint density at radius 2 is 1.43 bits per heavy atom. The van der Waals surface area contributed by atoms with Gasteiger partial charge < -0.3 is 10.1 Å². The highest BCUT2D eigenvalue weighted by Gasteiger charge is 2.30. The smallest absolute Gasteiger partial charge is 0.406 e. The molecule has 1 rings (SSSR count). The molecular weight excluding hydrogens is 303 g/mol. The lowest BCUT2D eigenvalue weighted by Gasteiger charge is -2.09. The fourth-order valence-corrected chi connectivity index (χ4v) is 2.43. The van der Waals surface area contributed by atoms with Crippen LogP contribution in [0, 0.1) is 0 Å². The molecule has 0 aliphatic rings. The lowest BCUT2D eigenvalue weighted by atomic mass is 10.1. The summed E-state index contributed by atoms with van der Waals surface area (Å²) in [4.78, 5) is 0. The zero-order valence-corrected chi connectivity index (χ0v) is 13.9. The number of rotatable bonds is 12. The minimum absolute atomic E-state index is 0.177. The van der Waals surface area contributed by atoms with Gasteiger partial charge in [-0.1, -0.05) is 64.0 Å². The second-order valence-corrected chi connectivity index (χ2v) is 5.84. The van der Waals surface area contributed by atoms with Crippen molar-refractivity contribution in [2.75, 3.05) is 6.54 Å². The van der Waals surface area contributed by atoms with Crippen molar-refractivity contribution in [3.63, 3.8) is 0 Å². The quantitative estimate of drug-likeness (QED) is 0.488. The van der Waals surface area contributed by atoms with Crippen LogP contribution in [0.3, 0.4) is 0 Å². The lowest BCUT2D eigenvalue weighted by Crippen LogP contribution is -2.17. The summed E-state index contributed by atoms with van der Waals surface area (Å²) in [5, 5.41) is 3.32. The van der Waals surface area contributed by atoms with Crippen LogP contribution in [-0.4, -0.2) is 12.9 Å². The van der Waals surface area contributed by atoms with Gasteiger partial charge in [-0.25, -0.2) is 0 Å². The molecule has 5 heteroatoms. The van der Waals surface area contributed by atoms with Crippen LogP contribution in [0.25, 0.3) is 0 Å². The molecule has 0 bridgehead atoms. The van der Waals surface area contributed by atoms with Crippen LogP contribution < -0.4 is 10.1 Å². The Kier molecular flexibility index (Phi) is 9.76. The molecule has 0 heterocycles. The number of unbranched alkanes of at least 4 members (excludes halogenated alkanes) is 7. The Balaban J connectivity index is 2.03. The first-order valence-electron chi connectivity index (χ1n) is 8.56. The van der Waals surface area contributed by atoms with E-state index in [1.165, 1.54) is 57.1 Å². The summed E-state index contributed by atoms with van der Waals surface area (Å²) in [5.41, 5.74) is 0.957. The minimum atomic E-state index is -4.63. The van der Waals surface area contributed by atoms with Crippen molar-refractivity contribution in [1.29, 1.82) is 0 Å². The molecule has 0 fully saturated rings. The molecule has 0 radical (unpaired) electrons. The third kappa shape index (κ3) is 11.0. The van der Waals surface area contributed by atoms with Gasteiger partial charge >= 0.3 is 6.36 Å². The van der Waals surface area contributed by atoms with Crippen LogP contribution >= 0.6 is 0 Å². The maximum absolute atomic E-state index is 12.0. The molecule has 0 saturated carbocycles. The summed E-state index contributed by atoms with van der Waals surface area (Å²) >= 11 is 0. The number of alkyl halides is 3. The molecule has 1 aromatic carbocycles. The second kappa shape index (κ2) is 11.3. The third-order valence-corrected chi connectivity index (χ3v) is 3.69. The molecule has 0 aromatic heterocycles. The monoisotopic (exact) mass is 331 g/mol. The number of halogens is 3. The van der Waals surface area contributed by atoms with Crippen molar-refractivity contribution in [1.82, 2.24) is 5.32 Å². The van der Waals surface area contributed by atoms with Crippen molar-refractivity contribution in [3.05, 3.63) is 29.8 Å². The summed E-state index contributed by atoms with van der Waals surface area (Å²) in [6.45, 7) is 3.83. The Bertz CT molecular complexity index is 404. The molecule has 0 spiro atoms. The maximum atomic E-state index is 12.0. The average molecular weight is 331 g/mol. The Hall–Kier alpha value is -1.23. The van der Waals surface area contributed by atoms with Crippen LogP contribution in [0.15, 0.2) is 24.3 Å². The van der Waals surface area contributed by atoms with Gasteiger partial charge in [-0.15, -0.1) is 13.2 Å². The molecule has 132 valence electrons. The molecule has 0 amide bonds. The number of hydrogen-bond acceptors (Lipinski definition) is 2. The first-order chi connectivity index (χ1) is 11.0. The zero-order valence-electron chi connectivity index (χ0n) is 13.9. The number of nitrogens with one attached hydrogen (secondary N) is 1. The van der Waals surface area contributed by atoms with Crippen molar-refractivity contribution in [2.24, 2.45) is 0 Å². The summed E-state index contributed by atoms with van der Waals surface area (Å²) in [5.74, 6) is -0.177. The minimum Gasteiger partial charge on any atom is -0.406 e. The lowest BCUT2D eigenvalue weighted by molar-refractivity contribution is -0.274. The van der Waals surface area contributed by atoms with Crippen LogP contribution in [0.1, 0.15) is 63.9 Å². The number of hydrogen-bond donors (Lipinski definition) is 1. The normalized spacial score (nSPS) is 11.7. The van der Waals surface area contributed by atoms with Crippen LogP contribution in [-0.2, 0) is 6.54 Å². The van der Waals surface area contributed by atoms with Gasteiger partial charge in [0.05, 0.1) is 0 Å². The van der Waals surface area contributed by atoms with E-state index in [-0.39, 0.29) is 5.75 Å². The molecular formula is C18H28F3NO. The number of benzene rings is 1. The fraction of sp³-hybridized carbons (Fsp3) is 0.667. The first-order valence-corrected chi connectivity index (χ1v) is 8.56. The predicted molar refractivity (Wildman–Crippen MR) is 87.4 cm³/mol. The van der Waals surface area contributed by atoms with Crippen LogP contribution in [0.4, 0.5) is 13.2 Å². The Morgan fingerprint density at radius 3 is 2.00 bits per heavy atom. The molecule has 23 heavy (non-hydrogen) atoms. The first kappa shape index (κ1) is 19.8. The highest BCUT2D eigenvalue weighted by Crippen LogP contribution is 2.22. The molecule has 1 N–H and O–H groups in total. The Morgan fingerprint density at radius 1 is 0.870 bits per heavy atom. The van der Waals surface area contributed by atoms with Crippen molar-refractivity contribution in [3.8, 4) is 5.75 Å². The highest BCUT2D eigenvalue weighted by atomic mass is 19.4. The van der Waals surface area contributed by atoms with Gasteiger partial charge in [0.2, 0.25) is 0 Å². The van der Waals surface area contributed by atoms with Gasteiger partial charge in [0.15, 0.2) is 0 Å². The van der Waals surface area contributed by atoms with E-state index in [0.717, 1.165) is 18.5 Å². The zero-order chi connectivity index (χ0) is 17.0. The topological polar surface area (TPSA) is 21.3 Å². The average Bonchev–Trinajstić information content (AvgIpc) is 2.49. The standard InChI is InChI=1S/C18H28F3NO/c1-2-3-4-5-6-7-8-9-14-22-15-16-10-12-17(13-11-16)23-18(19,20)21/h10-13,22H,2-9,14-15H2,1H3. The van der Waals surface area contributed by atoms with Crippen molar-refractivity contribution >= 4 is 0 Å². The molecule has 0 saturated heterocycles. The van der Waals surface area contributed by atoms with E-state index in [1.807, 2.05) is 0 Å². The molecule has 0 aliphatic carbocycles. The third-order valence-electron chi connectivity index (χ3n) is 3.69. The van der Waals surface area contributed by atoms with Crippen LogP contribution in [0.2, 0.25) is 0 Å². The molecule has 0 atom stereocenters. The highest BCUT2D eigenvalue weighted by molar-refractivity contribution is 5.27. The predicted octanol–water partition coefficient (Wildman–Crippen LogP) is 5.82. The summed E-state index contributed by atoms with van der Waals surface area (Å²) < 4.78 is 40.0. The van der Waals surface area contributed by atoms with E-state index in [1.54, 1.807) is 12.1 Å². The van der Waals surface area contributed by atoms with Gasteiger partial charge in [-0.05, 0) is 30.7 Å². The van der Waals surface area contributed by atoms with E-state index in [0.29, 0.717) is 6.54 Å². The van der Waals surface area contributed by atoms with Gasteiger partial charge in [0, 0.05) is 6.54 Å². The van der Waals surface area contributed by atoms with Gasteiger partial charge in [0.25, 0.3) is 0 Å². The van der Waals surface area contributed by atoms with Gasteiger partial charge in [-0.2, -0.15) is 0 Å². The van der Waals surface area contributed by atoms with E-state index in [2.05, 4.69) is 17.0 Å². The largest absolute Gasteiger partial charge is 0.573 e. The van der Waals surface area contributed by atoms with Gasteiger partial charge in [-0.3, -0.25) is 0 Å². The molecule has 1 aromatic rings. The van der Waals surface area contributed by atoms with Crippen molar-refractivity contribution < 1.29 is 17.9 Å². The summed E-state index contributed by atoms with van der Waals surface area (Å²) in [6.07, 6.45) is 5.67. The molecule has 0 unspecified atom stereocenters. The van der Waals surface area contributed by atoms with E-state index >= 15 is 0 Å². The van der Waals surface area contributed by atoms with E-state index in [9.17, 15) is 13.2 Å². The SMILES string of the molecule is CCCCCCCCCCNCc1ccc(OC(F)(F)F)cc1. The summed E-state index contributed by atoms with van der Waals surface area (Å²) in [6, 6.07) is 6.01. The van der Waals surface area contributed by atoms with E-state index in [4.69, 9.17) is 0 Å². The second-order valence-electron chi connectivity index (χ2n) is 5.84. The van der Waals surface area contributed by atoms with Gasteiger partial charge in [0.1, 0.15) is 5.75 Å². The maximum Gasteiger partial charge on any atom is 0.573 e. The van der Waals surface area contributed by atoms with Crippen LogP contribution in [0.5, 0.6) is 5.75 Å².